The molecule has 0 bridgehead atoms. The highest BCUT2D eigenvalue weighted by Crippen LogP contribution is 2.28. The SMILES string of the molecule is COC(=O)c1sc(NC(=O)c2cc3c(Cl)cccc3n2C)nc1C. The largest absolute Gasteiger partial charge is 0.465 e. The van der Waals surface area contributed by atoms with E-state index in [9.17, 15) is 9.59 Å². The number of esters is 1. The summed E-state index contributed by atoms with van der Waals surface area (Å²) in [7, 11) is 3.10. The number of fused-ring (bicyclic) bond motifs is 1. The number of halogens is 1. The van der Waals surface area contributed by atoms with Crippen molar-refractivity contribution in [3.63, 3.8) is 0 Å². The molecule has 2 heterocycles. The highest BCUT2D eigenvalue weighted by molar-refractivity contribution is 7.17. The Morgan fingerprint density at radius 1 is 1.38 bits per heavy atom. The van der Waals surface area contributed by atoms with Crippen LogP contribution in [0.1, 0.15) is 25.9 Å². The molecule has 0 aliphatic heterocycles. The molecule has 0 saturated carbocycles. The van der Waals surface area contributed by atoms with Crippen LogP contribution in [0.5, 0.6) is 0 Å². The number of hydrogen-bond acceptors (Lipinski definition) is 5. The van der Waals surface area contributed by atoms with Gasteiger partial charge in [0.1, 0.15) is 10.6 Å². The number of thiazole rings is 1. The molecule has 8 heteroatoms. The zero-order valence-corrected chi connectivity index (χ0v) is 14.8. The lowest BCUT2D eigenvalue weighted by Crippen LogP contribution is -2.15. The Labute approximate surface area is 147 Å². The maximum Gasteiger partial charge on any atom is 0.350 e. The first kappa shape index (κ1) is 16.5. The second-order valence-corrected chi connectivity index (χ2v) is 6.55. The van der Waals surface area contributed by atoms with E-state index < -0.39 is 5.97 Å². The molecule has 1 amide bonds. The lowest BCUT2D eigenvalue weighted by atomic mass is 10.2. The van der Waals surface area contributed by atoms with Gasteiger partial charge in [-0.05, 0) is 25.1 Å². The number of nitrogens with one attached hydrogen (secondary N) is 1. The Balaban J connectivity index is 1.92. The number of carbonyl (C=O) groups excluding carboxylic acids is 2. The maximum absolute atomic E-state index is 12.6. The van der Waals surface area contributed by atoms with Crippen LogP contribution in [0.4, 0.5) is 5.13 Å². The van der Waals surface area contributed by atoms with Gasteiger partial charge in [-0.2, -0.15) is 0 Å². The molecule has 3 aromatic rings. The quantitative estimate of drug-likeness (QED) is 0.721. The number of benzene rings is 1. The van der Waals surface area contributed by atoms with Crippen molar-refractivity contribution in [2.75, 3.05) is 12.4 Å². The van der Waals surface area contributed by atoms with Gasteiger partial charge >= 0.3 is 5.97 Å². The predicted molar refractivity (Wildman–Crippen MR) is 94.1 cm³/mol. The highest BCUT2D eigenvalue weighted by atomic mass is 35.5. The standard InChI is InChI=1S/C16H14ClN3O3S/c1-8-13(15(22)23-3)24-16(18-8)19-14(21)12-7-9-10(17)5-4-6-11(9)20(12)2/h4-7H,1-3H3,(H,18,19,21). The second-order valence-electron chi connectivity index (χ2n) is 5.14. The predicted octanol–water partition coefficient (Wildman–Crippen LogP) is 3.64. The van der Waals surface area contributed by atoms with Crippen molar-refractivity contribution < 1.29 is 14.3 Å². The summed E-state index contributed by atoms with van der Waals surface area (Å²) in [6, 6.07) is 7.23. The van der Waals surface area contributed by atoms with Gasteiger partial charge in [0.2, 0.25) is 0 Å². The zero-order chi connectivity index (χ0) is 17.4. The fraction of sp³-hybridized carbons (Fsp3) is 0.188. The van der Waals surface area contributed by atoms with Gasteiger partial charge in [0, 0.05) is 23.0 Å². The molecular formula is C16H14ClN3O3S. The van der Waals surface area contributed by atoms with Crippen LogP contribution in [0.25, 0.3) is 10.9 Å². The molecule has 24 heavy (non-hydrogen) atoms. The van der Waals surface area contributed by atoms with Gasteiger partial charge in [0.15, 0.2) is 5.13 Å². The van der Waals surface area contributed by atoms with E-state index in [-0.39, 0.29) is 5.91 Å². The lowest BCUT2D eigenvalue weighted by molar-refractivity contribution is 0.0605. The Kier molecular flexibility index (Phi) is 4.29. The first-order valence-corrected chi connectivity index (χ1v) is 8.23. The number of amides is 1. The summed E-state index contributed by atoms with van der Waals surface area (Å²) < 4.78 is 6.45. The number of aryl methyl sites for hydroxylation is 2. The van der Waals surface area contributed by atoms with Crippen LogP contribution in [0.15, 0.2) is 24.3 Å². The number of carbonyl (C=O) groups is 2. The smallest absolute Gasteiger partial charge is 0.350 e. The third-order valence-electron chi connectivity index (χ3n) is 3.65. The van der Waals surface area contributed by atoms with Crippen LogP contribution in [0.3, 0.4) is 0 Å². The fourth-order valence-electron chi connectivity index (χ4n) is 2.44. The normalized spacial score (nSPS) is 10.8. The number of aromatic nitrogens is 2. The molecule has 0 fully saturated rings. The van der Waals surface area contributed by atoms with Crippen LogP contribution < -0.4 is 5.32 Å². The molecule has 3 rings (SSSR count). The monoisotopic (exact) mass is 363 g/mol. The van der Waals surface area contributed by atoms with Crippen LogP contribution in [-0.2, 0) is 11.8 Å². The summed E-state index contributed by atoms with van der Waals surface area (Å²) in [5, 5.41) is 4.45. The second kappa shape index (κ2) is 6.26. The number of ether oxygens (including phenoxy) is 1. The molecule has 0 atom stereocenters. The highest BCUT2D eigenvalue weighted by Gasteiger charge is 2.19. The zero-order valence-electron chi connectivity index (χ0n) is 13.2. The van der Waals surface area contributed by atoms with Crippen molar-refractivity contribution in [2.24, 2.45) is 7.05 Å². The number of anilines is 1. The van der Waals surface area contributed by atoms with E-state index in [4.69, 9.17) is 16.3 Å². The third-order valence-corrected chi connectivity index (χ3v) is 5.04. The molecule has 0 unspecified atom stereocenters. The molecule has 6 nitrogen and oxygen atoms in total. The van der Waals surface area contributed by atoms with E-state index in [1.807, 2.05) is 12.1 Å². The molecular weight excluding hydrogens is 350 g/mol. The lowest BCUT2D eigenvalue weighted by Gasteiger charge is -2.03. The number of hydrogen-bond donors (Lipinski definition) is 1. The van der Waals surface area contributed by atoms with Gasteiger partial charge in [-0.3, -0.25) is 10.1 Å². The number of methoxy groups -OCH3 is 1. The fourth-order valence-corrected chi connectivity index (χ4v) is 3.54. The molecule has 0 aliphatic rings. The molecule has 0 saturated heterocycles. The Morgan fingerprint density at radius 3 is 2.79 bits per heavy atom. The van der Waals surface area contributed by atoms with Crippen LogP contribution >= 0.6 is 22.9 Å². The number of rotatable bonds is 3. The Hall–Kier alpha value is -2.38. The molecule has 0 aliphatic carbocycles. The van der Waals surface area contributed by atoms with Crippen molar-refractivity contribution in [3.8, 4) is 0 Å². The molecule has 124 valence electrons. The molecule has 0 radical (unpaired) electrons. The van der Waals surface area contributed by atoms with Gasteiger partial charge in [0.25, 0.3) is 5.91 Å². The van der Waals surface area contributed by atoms with Gasteiger partial charge in [-0.15, -0.1) is 0 Å². The van der Waals surface area contributed by atoms with Gasteiger partial charge < -0.3 is 9.30 Å². The third kappa shape index (κ3) is 2.76. The minimum Gasteiger partial charge on any atom is -0.465 e. The minimum atomic E-state index is -0.470. The summed E-state index contributed by atoms with van der Waals surface area (Å²) in [6.45, 7) is 1.69. The van der Waals surface area contributed by atoms with Crippen molar-refractivity contribution in [3.05, 3.63) is 45.6 Å². The van der Waals surface area contributed by atoms with Gasteiger partial charge in [0.05, 0.1) is 12.8 Å². The average Bonchev–Trinajstić information content (AvgIpc) is 3.08. The Bertz CT molecular complexity index is 961. The molecule has 0 spiro atoms. The molecule has 1 N–H and O–H groups in total. The van der Waals surface area contributed by atoms with Crippen LogP contribution in [0, 0.1) is 6.92 Å². The summed E-state index contributed by atoms with van der Waals surface area (Å²) in [5.74, 6) is -0.795. The topological polar surface area (TPSA) is 73.2 Å². The summed E-state index contributed by atoms with van der Waals surface area (Å²) in [4.78, 5) is 28.7. The van der Waals surface area contributed by atoms with Crippen LogP contribution in [0.2, 0.25) is 5.02 Å². The van der Waals surface area contributed by atoms with E-state index in [1.165, 1.54) is 7.11 Å². The van der Waals surface area contributed by atoms with Gasteiger partial charge in [-0.25, -0.2) is 9.78 Å². The van der Waals surface area contributed by atoms with Crippen molar-refractivity contribution in [1.29, 1.82) is 0 Å². The van der Waals surface area contributed by atoms with Crippen molar-refractivity contribution in [2.45, 2.75) is 6.92 Å². The summed E-state index contributed by atoms with van der Waals surface area (Å²) >= 11 is 7.25. The van der Waals surface area contributed by atoms with E-state index in [2.05, 4.69) is 10.3 Å². The van der Waals surface area contributed by atoms with Crippen LogP contribution in [-0.4, -0.2) is 28.5 Å². The average molecular weight is 364 g/mol. The van der Waals surface area contributed by atoms with Crippen molar-refractivity contribution in [1.82, 2.24) is 9.55 Å². The van der Waals surface area contributed by atoms with E-state index in [1.54, 1.807) is 30.7 Å². The summed E-state index contributed by atoms with van der Waals surface area (Å²) in [6.07, 6.45) is 0. The number of nitrogens with zero attached hydrogens (tertiary/aromatic N) is 2. The van der Waals surface area contributed by atoms with Gasteiger partial charge in [-0.1, -0.05) is 29.0 Å². The van der Waals surface area contributed by atoms with E-state index >= 15 is 0 Å². The van der Waals surface area contributed by atoms with E-state index in [0.29, 0.717) is 26.4 Å². The first-order chi connectivity index (χ1) is 11.4. The maximum atomic E-state index is 12.6. The summed E-state index contributed by atoms with van der Waals surface area (Å²) in [5.41, 5.74) is 1.83. The molecule has 1 aromatic carbocycles. The Morgan fingerprint density at radius 2 is 2.12 bits per heavy atom. The first-order valence-electron chi connectivity index (χ1n) is 7.03. The van der Waals surface area contributed by atoms with E-state index in [0.717, 1.165) is 22.2 Å². The molecule has 2 aromatic heterocycles. The van der Waals surface area contributed by atoms with Crippen molar-refractivity contribution >= 4 is 50.8 Å². The minimum absolute atomic E-state index is 0.324.